The third kappa shape index (κ3) is 6.91. The van der Waals surface area contributed by atoms with Crippen LogP contribution in [-0.4, -0.2) is 47.2 Å². The summed E-state index contributed by atoms with van der Waals surface area (Å²) in [5.74, 6) is 0.738. The minimum Gasteiger partial charge on any atom is -0.376 e. The summed E-state index contributed by atoms with van der Waals surface area (Å²) < 4.78 is 28.0. The lowest BCUT2D eigenvalue weighted by molar-refractivity contribution is 0.114. The normalized spacial score (nSPS) is 18.1. The van der Waals surface area contributed by atoms with E-state index >= 15 is 0 Å². The minimum atomic E-state index is -3.63. The third-order valence-electron chi connectivity index (χ3n) is 3.70. The van der Waals surface area contributed by atoms with Gasteiger partial charge in [0.1, 0.15) is 0 Å². The van der Waals surface area contributed by atoms with Gasteiger partial charge in [-0.15, -0.1) is 24.0 Å². The fourth-order valence-electron chi connectivity index (χ4n) is 2.41. The summed E-state index contributed by atoms with van der Waals surface area (Å²) in [6.45, 7) is 2.29. The summed E-state index contributed by atoms with van der Waals surface area (Å²) in [5, 5.41) is 11.5. The molecule has 4 N–H and O–H groups in total. The third-order valence-corrected chi connectivity index (χ3v) is 4.63. The molecular weight excluding hydrogens is 443 g/mol. The molecule has 1 aliphatic heterocycles. The van der Waals surface area contributed by atoms with Crippen molar-refractivity contribution in [2.24, 2.45) is 10.1 Å². The Morgan fingerprint density at radius 2 is 2.04 bits per heavy atom. The Bertz CT molecular complexity index is 629. The second-order valence-corrected chi connectivity index (χ2v) is 7.02. The molecule has 136 valence electrons. The van der Waals surface area contributed by atoms with Gasteiger partial charge in [0, 0.05) is 26.7 Å². The molecule has 1 fully saturated rings. The second kappa shape index (κ2) is 10.2. The zero-order valence-electron chi connectivity index (χ0n) is 13.7. The number of halogens is 1. The van der Waals surface area contributed by atoms with Crippen LogP contribution < -0.4 is 15.8 Å². The lowest BCUT2D eigenvalue weighted by Gasteiger charge is -2.15. The Balaban J connectivity index is 0.00000288. The van der Waals surface area contributed by atoms with Crippen molar-refractivity contribution >= 4 is 40.0 Å². The van der Waals surface area contributed by atoms with Gasteiger partial charge in [0.2, 0.25) is 10.0 Å². The van der Waals surface area contributed by atoms with Crippen molar-refractivity contribution in [1.29, 1.82) is 0 Å². The lowest BCUT2D eigenvalue weighted by atomic mass is 10.1. The largest absolute Gasteiger partial charge is 0.376 e. The van der Waals surface area contributed by atoms with E-state index in [0.717, 1.165) is 43.9 Å². The van der Waals surface area contributed by atoms with Crippen LogP contribution in [-0.2, 0) is 21.2 Å². The maximum absolute atomic E-state index is 11.2. The summed E-state index contributed by atoms with van der Waals surface area (Å²) in [6, 6.07) is 6.58. The van der Waals surface area contributed by atoms with Crippen molar-refractivity contribution in [3.8, 4) is 0 Å². The van der Waals surface area contributed by atoms with Crippen LogP contribution in [0.4, 0.5) is 0 Å². The number of nitrogens with two attached hydrogens (primary N) is 1. The maximum Gasteiger partial charge on any atom is 0.238 e. The first-order valence-corrected chi connectivity index (χ1v) is 9.21. The van der Waals surface area contributed by atoms with Crippen molar-refractivity contribution in [2.75, 3.05) is 26.7 Å². The van der Waals surface area contributed by atoms with Crippen LogP contribution in [0, 0.1) is 0 Å². The van der Waals surface area contributed by atoms with E-state index in [1.807, 2.05) is 0 Å². The van der Waals surface area contributed by atoms with E-state index in [1.54, 1.807) is 19.2 Å². The molecular formula is C15H25IN4O3S. The molecule has 0 bridgehead atoms. The Morgan fingerprint density at radius 3 is 2.58 bits per heavy atom. The molecule has 7 nitrogen and oxygen atoms in total. The number of benzene rings is 1. The van der Waals surface area contributed by atoms with Gasteiger partial charge >= 0.3 is 0 Å². The number of hydrogen-bond donors (Lipinski definition) is 3. The molecule has 2 rings (SSSR count). The van der Waals surface area contributed by atoms with Crippen molar-refractivity contribution in [1.82, 2.24) is 10.6 Å². The minimum absolute atomic E-state index is 0. The zero-order valence-corrected chi connectivity index (χ0v) is 16.8. The Kier molecular flexibility index (Phi) is 8.95. The fourth-order valence-corrected chi connectivity index (χ4v) is 2.92. The molecule has 9 heteroatoms. The summed E-state index contributed by atoms with van der Waals surface area (Å²) in [5.41, 5.74) is 1.03. The van der Waals surface area contributed by atoms with Crippen LogP contribution >= 0.6 is 24.0 Å². The van der Waals surface area contributed by atoms with Crippen LogP contribution in [0.1, 0.15) is 18.4 Å². The summed E-state index contributed by atoms with van der Waals surface area (Å²) in [4.78, 5) is 4.30. The number of rotatable bonds is 6. The predicted octanol–water partition coefficient (Wildman–Crippen LogP) is 0.838. The summed E-state index contributed by atoms with van der Waals surface area (Å²) in [6.07, 6.45) is 3.22. The monoisotopic (exact) mass is 468 g/mol. The zero-order chi connectivity index (χ0) is 16.7. The molecule has 0 aliphatic carbocycles. The topological polar surface area (TPSA) is 106 Å². The van der Waals surface area contributed by atoms with E-state index in [-0.39, 0.29) is 35.0 Å². The van der Waals surface area contributed by atoms with Crippen LogP contribution in [0.3, 0.4) is 0 Å². The fraction of sp³-hybridized carbons (Fsp3) is 0.533. The first-order valence-electron chi connectivity index (χ1n) is 7.67. The number of nitrogens with one attached hydrogen (secondary N) is 2. The van der Waals surface area contributed by atoms with Gasteiger partial charge in [0.25, 0.3) is 0 Å². The van der Waals surface area contributed by atoms with E-state index < -0.39 is 10.0 Å². The number of ether oxygens (including phenoxy) is 1. The average molecular weight is 468 g/mol. The lowest BCUT2D eigenvalue weighted by Crippen LogP contribution is -2.41. The summed E-state index contributed by atoms with van der Waals surface area (Å²) >= 11 is 0. The van der Waals surface area contributed by atoms with Crippen LogP contribution in [0.25, 0.3) is 0 Å². The van der Waals surface area contributed by atoms with Gasteiger partial charge in [-0.25, -0.2) is 13.6 Å². The highest BCUT2D eigenvalue weighted by Crippen LogP contribution is 2.10. The first-order chi connectivity index (χ1) is 11.0. The van der Waals surface area contributed by atoms with Crippen LogP contribution in [0.15, 0.2) is 34.2 Å². The van der Waals surface area contributed by atoms with Gasteiger partial charge in [-0.1, -0.05) is 12.1 Å². The summed E-state index contributed by atoms with van der Waals surface area (Å²) in [7, 11) is -1.90. The van der Waals surface area contributed by atoms with Gasteiger partial charge in [-0.2, -0.15) is 0 Å². The smallest absolute Gasteiger partial charge is 0.238 e. The molecule has 1 heterocycles. The number of sulfonamides is 1. The highest BCUT2D eigenvalue weighted by molar-refractivity contribution is 14.0. The van der Waals surface area contributed by atoms with Gasteiger partial charge in [-0.05, 0) is 37.0 Å². The molecule has 0 spiro atoms. The molecule has 0 aromatic heterocycles. The standard InChI is InChI=1S/C15H24N4O3S.HI/c1-17-15(19-11-13-3-2-10-22-13)18-9-8-12-4-6-14(7-5-12)23(16,20)21;/h4-7,13H,2-3,8-11H2,1H3,(H2,16,20,21)(H2,17,18,19);1H. The predicted molar refractivity (Wildman–Crippen MR) is 105 cm³/mol. The Labute approximate surface area is 160 Å². The van der Waals surface area contributed by atoms with Gasteiger partial charge in [0.05, 0.1) is 11.0 Å². The van der Waals surface area contributed by atoms with Gasteiger partial charge < -0.3 is 15.4 Å². The van der Waals surface area contributed by atoms with Gasteiger partial charge in [-0.3, -0.25) is 4.99 Å². The van der Waals surface area contributed by atoms with E-state index in [9.17, 15) is 8.42 Å². The van der Waals surface area contributed by atoms with Gasteiger partial charge in [0.15, 0.2) is 5.96 Å². The quantitative estimate of drug-likeness (QED) is 0.326. The van der Waals surface area contributed by atoms with Crippen LogP contribution in [0.2, 0.25) is 0 Å². The molecule has 1 saturated heterocycles. The van der Waals surface area contributed by atoms with E-state index in [4.69, 9.17) is 9.88 Å². The molecule has 1 unspecified atom stereocenters. The van der Waals surface area contributed by atoms with Crippen molar-refractivity contribution in [3.05, 3.63) is 29.8 Å². The van der Waals surface area contributed by atoms with E-state index in [0.29, 0.717) is 6.54 Å². The highest BCUT2D eigenvalue weighted by atomic mass is 127. The molecule has 1 aromatic carbocycles. The second-order valence-electron chi connectivity index (χ2n) is 5.45. The molecule has 0 radical (unpaired) electrons. The van der Waals surface area contributed by atoms with Crippen molar-refractivity contribution in [2.45, 2.75) is 30.3 Å². The SMILES string of the molecule is CN=C(NCCc1ccc(S(N)(=O)=O)cc1)NCC1CCCO1.I. The molecule has 1 aromatic rings. The van der Waals surface area contributed by atoms with E-state index in [2.05, 4.69) is 15.6 Å². The Morgan fingerprint density at radius 1 is 1.33 bits per heavy atom. The molecule has 1 aliphatic rings. The van der Waals surface area contributed by atoms with Crippen LogP contribution in [0.5, 0.6) is 0 Å². The van der Waals surface area contributed by atoms with Crippen molar-refractivity contribution in [3.63, 3.8) is 0 Å². The molecule has 1 atom stereocenters. The van der Waals surface area contributed by atoms with Crippen molar-refractivity contribution < 1.29 is 13.2 Å². The van der Waals surface area contributed by atoms with E-state index in [1.165, 1.54) is 12.1 Å². The first kappa shape index (κ1) is 21.1. The number of nitrogens with zero attached hydrogens (tertiary/aromatic N) is 1. The molecule has 24 heavy (non-hydrogen) atoms. The average Bonchev–Trinajstić information content (AvgIpc) is 3.03. The molecule has 0 saturated carbocycles. The number of primary sulfonamides is 1. The number of aliphatic imine (C=N–C) groups is 1. The number of hydrogen-bond acceptors (Lipinski definition) is 4. The number of guanidine groups is 1. The maximum atomic E-state index is 11.2. The Hall–Kier alpha value is -0.910. The highest BCUT2D eigenvalue weighted by Gasteiger charge is 2.15. The molecule has 0 amide bonds.